The van der Waals surface area contributed by atoms with E-state index >= 15 is 0 Å². The van der Waals surface area contributed by atoms with E-state index in [0.717, 1.165) is 12.8 Å². The van der Waals surface area contributed by atoms with Crippen LogP contribution in [0.15, 0.2) is 40.1 Å². The zero-order valence-electron chi connectivity index (χ0n) is 18.4. The van der Waals surface area contributed by atoms with Gasteiger partial charge < -0.3 is 9.64 Å². The van der Waals surface area contributed by atoms with Gasteiger partial charge in [0.1, 0.15) is 11.2 Å². The average Bonchev–Trinajstić information content (AvgIpc) is 3.42. The zero-order chi connectivity index (χ0) is 22.4. The fourth-order valence-corrected chi connectivity index (χ4v) is 4.53. The van der Waals surface area contributed by atoms with E-state index in [1.165, 1.54) is 0 Å². The van der Waals surface area contributed by atoms with E-state index in [2.05, 4.69) is 10.00 Å². The minimum absolute atomic E-state index is 0.0848. The predicted octanol–water partition coefficient (Wildman–Crippen LogP) is 1.36. The van der Waals surface area contributed by atoms with E-state index in [-0.39, 0.29) is 17.2 Å². The number of aromatic nitrogens is 6. The van der Waals surface area contributed by atoms with Crippen molar-refractivity contribution in [2.75, 3.05) is 25.2 Å². The Morgan fingerprint density at radius 2 is 1.91 bits per heavy atom. The van der Waals surface area contributed by atoms with E-state index in [9.17, 15) is 9.59 Å². The Bertz CT molecular complexity index is 1440. The molecule has 0 bridgehead atoms. The highest BCUT2D eigenvalue weighted by atomic mass is 16.5. The van der Waals surface area contributed by atoms with Gasteiger partial charge in [0, 0.05) is 27.7 Å². The molecule has 10 nitrogen and oxygen atoms in total. The highest BCUT2D eigenvalue weighted by Gasteiger charge is 2.33. The first-order valence-electron chi connectivity index (χ1n) is 10.6. The van der Waals surface area contributed by atoms with E-state index in [1.807, 2.05) is 18.2 Å². The first-order valence-corrected chi connectivity index (χ1v) is 10.6. The molecule has 0 amide bonds. The molecule has 0 N–H and O–H groups in total. The van der Waals surface area contributed by atoms with Crippen LogP contribution < -0.4 is 16.0 Å². The molecule has 166 valence electrons. The topological polar surface area (TPSA) is 100 Å². The smallest absolute Gasteiger partial charge is 0.265 e. The second-order valence-corrected chi connectivity index (χ2v) is 8.07. The number of para-hydroxylation sites is 1. The SMILES string of the molecule is COCCn1c(C2CCCN2c2nc3c(cnn3C)c(=O)n2C)nc2ccccc2c1=O. The van der Waals surface area contributed by atoms with E-state index in [4.69, 9.17) is 14.7 Å². The van der Waals surface area contributed by atoms with E-state index in [1.54, 1.807) is 47.3 Å². The average molecular weight is 435 g/mol. The molecule has 3 aromatic heterocycles. The van der Waals surface area contributed by atoms with Crippen molar-refractivity contribution in [3.8, 4) is 0 Å². The fraction of sp³-hybridized carbons (Fsp3) is 0.409. The van der Waals surface area contributed by atoms with Gasteiger partial charge in [-0.3, -0.25) is 23.4 Å². The molecule has 0 radical (unpaired) electrons. The number of anilines is 1. The van der Waals surface area contributed by atoms with Gasteiger partial charge in [-0.2, -0.15) is 10.1 Å². The minimum Gasteiger partial charge on any atom is -0.383 e. The maximum Gasteiger partial charge on any atom is 0.265 e. The molecule has 10 heteroatoms. The van der Waals surface area contributed by atoms with Crippen molar-refractivity contribution in [3.63, 3.8) is 0 Å². The second-order valence-electron chi connectivity index (χ2n) is 8.07. The molecule has 1 unspecified atom stereocenters. The van der Waals surface area contributed by atoms with E-state index < -0.39 is 0 Å². The second kappa shape index (κ2) is 7.86. The summed E-state index contributed by atoms with van der Waals surface area (Å²) in [5.74, 6) is 1.22. The summed E-state index contributed by atoms with van der Waals surface area (Å²) in [4.78, 5) is 38.0. The molecule has 1 saturated heterocycles. The number of hydrogen-bond acceptors (Lipinski definition) is 7. The third-order valence-corrected chi connectivity index (χ3v) is 6.17. The number of methoxy groups -OCH3 is 1. The van der Waals surface area contributed by atoms with Gasteiger partial charge in [-0.15, -0.1) is 0 Å². The van der Waals surface area contributed by atoms with Crippen molar-refractivity contribution < 1.29 is 4.74 Å². The Morgan fingerprint density at radius 1 is 1.09 bits per heavy atom. The summed E-state index contributed by atoms with van der Waals surface area (Å²) in [6.07, 6.45) is 3.25. The lowest BCUT2D eigenvalue weighted by Crippen LogP contribution is -2.36. The largest absolute Gasteiger partial charge is 0.383 e. The van der Waals surface area contributed by atoms with Gasteiger partial charge in [0.2, 0.25) is 5.95 Å². The summed E-state index contributed by atoms with van der Waals surface area (Å²) in [5, 5.41) is 5.25. The van der Waals surface area contributed by atoms with Gasteiger partial charge in [0.05, 0.1) is 36.3 Å². The van der Waals surface area contributed by atoms with Crippen LogP contribution in [0.3, 0.4) is 0 Å². The quantitative estimate of drug-likeness (QED) is 0.467. The molecule has 32 heavy (non-hydrogen) atoms. The number of hydrogen-bond donors (Lipinski definition) is 0. The van der Waals surface area contributed by atoms with Crippen molar-refractivity contribution in [3.05, 3.63) is 57.0 Å². The van der Waals surface area contributed by atoms with Crippen LogP contribution in [0.2, 0.25) is 0 Å². The first-order chi connectivity index (χ1) is 15.5. The summed E-state index contributed by atoms with van der Waals surface area (Å²) in [6.45, 7) is 1.51. The van der Waals surface area contributed by atoms with Crippen molar-refractivity contribution in [2.24, 2.45) is 14.1 Å². The van der Waals surface area contributed by atoms with Crippen LogP contribution in [0.5, 0.6) is 0 Å². The van der Waals surface area contributed by atoms with Crippen LogP contribution in [-0.4, -0.2) is 49.1 Å². The zero-order valence-corrected chi connectivity index (χ0v) is 18.4. The number of fused-ring (bicyclic) bond motifs is 2. The Morgan fingerprint density at radius 3 is 2.72 bits per heavy atom. The summed E-state index contributed by atoms with van der Waals surface area (Å²) in [6, 6.07) is 7.19. The van der Waals surface area contributed by atoms with Crippen LogP contribution >= 0.6 is 0 Å². The van der Waals surface area contributed by atoms with Crippen LogP contribution in [0.1, 0.15) is 24.7 Å². The van der Waals surface area contributed by atoms with Crippen LogP contribution in [0, 0.1) is 0 Å². The van der Waals surface area contributed by atoms with Gasteiger partial charge in [-0.25, -0.2) is 4.98 Å². The maximum atomic E-state index is 13.3. The highest BCUT2D eigenvalue weighted by molar-refractivity contribution is 5.77. The lowest BCUT2D eigenvalue weighted by atomic mass is 10.1. The normalized spacial score (nSPS) is 16.5. The Balaban J connectivity index is 1.69. The van der Waals surface area contributed by atoms with Gasteiger partial charge in [-0.1, -0.05) is 12.1 Å². The third kappa shape index (κ3) is 3.10. The van der Waals surface area contributed by atoms with Crippen molar-refractivity contribution in [1.82, 2.24) is 28.9 Å². The molecular formula is C22H25N7O3. The molecule has 1 aliphatic heterocycles. The molecule has 1 fully saturated rings. The highest BCUT2D eigenvalue weighted by Crippen LogP contribution is 2.34. The summed E-state index contributed by atoms with van der Waals surface area (Å²) in [5.41, 5.74) is 0.972. The monoisotopic (exact) mass is 435 g/mol. The fourth-order valence-electron chi connectivity index (χ4n) is 4.53. The van der Waals surface area contributed by atoms with E-state index in [0.29, 0.717) is 53.4 Å². The molecule has 1 aliphatic rings. The van der Waals surface area contributed by atoms with Crippen LogP contribution in [0.25, 0.3) is 21.9 Å². The van der Waals surface area contributed by atoms with Gasteiger partial charge in [0.25, 0.3) is 11.1 Å². The number of aryl methyl sites for hydroxylation is 1. The van der Waals surface area contributed by atoms with Gasteiger partial charge >= 0.3 is 0 Å². The van der Waals surface area contributed by atoms with Crippen molar-refractivity contribution in [2.45, 2.75) is 25.4 Å². The Hall–Kier alpha value is -3.53. The molecule has 0 spiro atoms. The Labute approximate surface area is 183 Å². The lowest BCUT2D eigenvalue weighted by Gasteiger charge is -2.28. The standard InChI is InChI=1S/C22H25N7O3/c1-26-20(30)15-13-23-27(2)18(15)25-22(26)28-10-6-9-17(28)19-24-16-8-5-4-7-14(16)21(31)29(19)11-12-32-3/h4-5,7-8,13,17H,6,9-12H2,1-3H3. The van der Waals surface area contributed by atoms with Crippen LogP contribution in [-0.2, 0) is 25.4 Å². The van der Waals surface area contributed by atoms with Gasteiger partial charge in [-0.05, 0) is 25.0 Å². The number of nitrogens with zero attached hydrogens (tertiary/aromatic N) is 7. The predicted molar refractivity (Wildman–Crippen MR) is 121 cm³/mol. The van der Waals surface area contributed by atoms with Gasteiger partial charge in [0.15, 0.2) is 5.65 Å². The van der Waals surface area contributed by atoms with Crippen molar-refractivity contribution in [1.29, 1.82) is 0 Å². The number of benzene rings is 1. The summed E-state index contributed by atoms with van der Waals surface area (Å²) in [7, 11) is 5.11. The lowest BCUT2D eigenvalue weighted by molar-refractivity contribution is 0.184. The molecule has 1 aromatic carbocycles. The Kier molecular flexibility index (Phi) is 5.01. The van der Waals surface area contributed by atoms with Crippen molar-refractivity contribution >= 4 is 27.9 Å². The summed E-state index contributed by atoms with van der Waals surface area (Å²) >= 11 is 0. The molecule has 5 rings (SSSR count). The maximum absolute atomic E-state index is 13.3. The summed E-state index contributed by atoms with van der Waals surface area (Å²) < 4.78 is 10.1. The molecular weight excluding hydrogens is 410 g/mol. The molecule has 0 saturated carbocycles. The molecule has 0 aliphatic carbocycles. The number of ether oxygens (including phenoxy) is 1. The third-order valence-electron chi connectivity index (χ3n) is 6.17. The first kappa shape index (κ1) is 20.4. The molecule has 4 heterocycles. The molecule has 4 aromatic rings. The number of rotatable bonds is 5. The minimum atomic E-state index is -0.187. The molecule has 1 atom stereocenters. The van der Waals surface area contributed by atoms with Crippen LogP contribution in [0.4, 0.5) is 5.95 Å².